The van der Waals surface area contributed by atoms with Gasteiger partial charge in [-0.3, -0.25) is 4.79 Å². The first-order valence-corrected chi connectivity index (χ1v) is 9.70. The fourth-order valence-electron chi connectivity index (χ4n) is 4.00. The molecule has 0 unspecified atom stereocenters. The number of rotatable bonds is 5. The van der Waals surface area contributed by atoms with Crippen LogP contribution in [0.4, 0.5) is 5.82 Å². The minimum absolute atomic E-state index is 0.0469. The third-order valence-corrected chi connectivity index (χ3v) is 6.71. The molecule has 1 aliphatic carbocycles. The van der Waals surface area contributed by atoms with E-state index in [1.54, 1.807) is 26.1 Å². The number of nitrogens with zero attached hydrogens (tertiary/aromatic N) is 2. The van der Waals surface area contributed by atoms with Crippen LogP contribution in [0.15, 0.2) is 23.2 Å². The lowest BCUT2D eigenvalue weighted by atomic mass is 9.81. The van der Waals surface area contributed by atoms with Crippen LogP contribution in [-0.4, -0.2) is 43.6 Å². The zero-order chi connectivity index (χ0) is 17.5. The first kappa shape index (κ1) is 17.2. The minimum atomic E-state index is -3.69. The zero-order valence-electron chi connectivity index (χ0n) is 13.9. The van der Waals surface area contributed by atoms with Crippen molar-refractivity contribution in [3.05, 3.63) is 18.3 Å². The highest BCUT2D eigenvalue weighted by Gasteiger charge is 2.55. The number of sulfonamides is 1. The molecule has 1 saturated carbocycles. The molecule has 132 valence electrons. The van der Waals surface area contributed by atoms with E-state index in [2.05, 4.69) is 9.71 Å². The van der Waals surface area contributed by atoms with Crippen LogP contribution >= 0.6 is 0 Å². The Morgan fingerprint density at radius 1 is 1.50 bits per heavy atom. The maximum atomic E-state index is 12.6. The Hall–Kier alpha value is -1.67. The Balaban J connectivity index is 1.96. The van der Waals surface area contributed by atoms with Gasteiger partial charge >= 0.3 is 5.97 Å². The second-order valence-corrected chi connectivity index (χ2v) is 8.71. The van der Waals surface area contributed by atoms with Crippen molar-refractivity contribution in [2.24, 2.45) is 11.3 Å². The molecule has 0 radical (unpaired) electrons. The van der Waals surface area contributed by atoms with Gasteiger partial charge in [-0.25, -0.2) is 18.1 Å². The van der Waals surface area contributed by atoms with Gasteiger partial charge in [0.15, 0.2) is 0 Å². The monoisotopic (exact) mass is 353 g/mol. The van der Waals surface area contributed by atoms with Crippen LogP contribution in [0.5, 0.6) is 0 Å². The molecule has 2 N–H and O–H groups in total. The van der Waals surface area contributed by atoms with Gasteiger partial charge in [0.25, 0.3) is 0 Å². The second kappa shape index (κ2) is 6.00. The number of fused-ring (bicyclic) bond motifs is 1. The van der Waals surface area contributed by atoms with Crippen LogP contribution in [-0.2, 0) is 14.8 Å². The maximum absolute atomic E-state index is 12.6. The van der Waals surface area contributed by atoms with Crippen LogP contribution in [0.25, 0.3) is 0 Å². The van der Waals surface area contributed by atoms with Crippen LogP contribution in [0.3, 0.4) is 0 Å². The molecule has 0 aromatic carbocycles. The number of hydrogen-bond donors (Lipinski definition) is 2. The number of anilines is 1. The Kier molecular flexibility index (Phi) is 4.29. The second-order valence-electron chi connectivity index (χ2n) is 7.03. The smallest absolute Gasteiger partial charge is 0.311 e. The molecule has 1 aromatic rings. The van der Waals surface area contributed by atoms with E-state index in [0.717, 1.165) is 12.8 Å². The zero-order valence-corrected chi connectivity index (χ0v) is 14.7. The van der Waals surface area contributed by atoms with Crippen molar-refractivity contribution < 1.29 is 18.3 Å². The van der Waals surface area contributed by atoms with Gasteiger partial charge in [0.05, 0.1) is 5.41 Å². The summed E-state index contributed by atoms with van der Waals surface area (Å²) in [6, 6.07) is 2.88. The molecule has 24 heavy (non-hydrogen) atoms. The van der Waals surface area contributed by atoms with E-state index in [4.69, 9.17) is 0 Å². The molecule has 7 nitrogen and oxygen atoms in total. The average molecular weight is 353 g/mol. The highest BCUT2D eigenvalue weighted by Crippen LogP contribution is 2.50. The van der Waals surface area contributed by atoms with Crippen molar-refractivity contribution in [2.45, 2.75) is 44.0 Å². The summed E-state index contributed by atoms with van der Waals surface area (Å²) in [5.41, 5.74) is -0.774. The Morgan fingerprint density at radius 3 is 2.88 bits per heavy atom. The van der Waals surface area contributed by atoms with Gasteiger partial charge in [-0.15, -0.1) is 0 Å². The number of carbonyl (C=O) groups is 1. The van der Waals surface area contributed by atoms with Gasteiger partial charge in [0, 0.05) is 25.3 Å². The van der Waals surface area contributed by atoms with Crippen molar-refractivity contribution in [1.29, 1.82) is 0 Å². The summed E-state index contributed by atoms with van der Waals surface area (Å²) in [5, 5.41) is 9.71. The van der Waals surface area contributed by atoms with Gasteiger partial charge < -0.3 is 10.0 Å². The fourth-order valence-corrected chi connectivity index (χ4v) is 5.43. The number of carboxylic acid groups (broad SMARTS) is 1. The van der Waals surface area contributed by atoms with Crippen LogP contribution in [0.1, 0.15) is 33.1 Å². The van der Waals surface area contributed by atoms with Gasteiger partial charge in [-0.05, 0) is 44.7 Å². The summed E-state index contributed by atoms with van der Waals surface area (Å²) in [5.74, 6) is -0.389. The van der Waals surface area contributed by atoms with Crippen LogP contribution in [0, 0.1) is 11.3 Å². The fraction of sp³-hybridized carbons (Fsp3) is 0.625. The summed E-state index contributed by atoms with van der Waals surface area (Å²) in [4.78, 5) is 18.0. The summed E-state index contributed by atoms with van der Waals surface area (Å²) < 4.78 is 27.7. The molecule has 1 aliphatic heterocycles. The average Bonchev–Trinajstić information content (AvgIpc) is 3.03. The van der Waals surface area contributed by atoms with Crippen molar-refractivity contribution in [2.75, 3.05) is 18.0 Å². The quantitative estimate of drug-likeness (QED) is 0.831. The number of aliphatic carboxylic acids is 1. The molecule has 8 heteroatoms. The van der Waals surface area contributed by atoms with Gasteiger partial charge in [-0.1, -0.05) is 6.42 Å². The summed E-state index contributed by atoms with van der Waals surface area (Å²) in [6.45, 7) is 4.36. The normalized spacial score (nSPS) is 26.8. The molecule has 1 saturated heterocycles. The highest BCUT2D eigenvalue weighted by atomic mass is 32.2. The molecular formula is C16H23N3O4S. The third-order valence-electron chi connectivity index (χ3n) is 5.03. The number of nitrogens with one attached hydrogen (secondary N) is 1. The summed E-state index contributed by atoms with van der Waals surface area (Å²) in [6.07, 6.45) is 3.96. The SMILES string of the molecule is CC(C)NS(=O)(=O)c1cccnc1N1C[C@@H]2CCC[C@@]2(C(=O)O)C1. The van der Waals surface area contributed by atoms with Gasteiger partial charge in [-0.2, -0.15) is 0 Å². The first-order valence-electron chi connectivity index (χ1n) is 8.22. The van der Waals surface area contributed by atoms with E-state index in [-0.39, 0.29) is 16.9 Å². The molecular weight excluding hydrogens is 330 g/mol. The summed E-state index contributed by atoms with van der Waals surface area (Å²) in [7, 11) is -3.69. The van der Waals surface area contributed by atoms with Crippen LogP contribution in [0.2, 0.25) is 0 Å². The third kappa shape index (κ3) is 2.77. The van der Waals surface area contributed by atoms with E-state index < -0.39 is 21.4 Å². The van der Waals surface area contributed by atoms with Crippen molar-refractivity contribution in [1.82, 2.24) is 9.71 Å². The Bertz CT molecular complexity index is 749. The topological polar surface area (TPSA) is 99.6 Å². The maximum Gasteiger partial charge on any atom is 0.311 e. The molecule has 0 bridgehead atoms. The lowest BCUT2D eigenvalue weighted by molar-refractivity contribution is -0.149. The Morgan fingerprint density at radius 2 is 2.25 bits per heavy atom. The molecule has 3 rings (SSSR count). The number of carboxylic acids is 1. The number of hydrogen-bond acceptors (Lipinski definition) is 5. The predicted molar refractivity (Wildman–Crippen MR) is 89.3 cm³/mol. The number of aromatic nitrogens is 1. The highest BCUT2D eigenvalue weighted by molar-refractivity contribution is 7.89. The van der Waals surface area contributed by atoms with E-state index in [9.17, 15) is 18.3 Å². The number of pyridine rings is 1. The summed E-state index contributed by atoms with van der Waals surface area (Å²) >= 11 is 0. The Labute approximate surface area is 142 Å². The largest absolute Gasteiger partial charge is 0.481 e. The van der Waals surface area contributed by atoms with Crippen molar-refractivity contribution >= 4 is 21.8 Å². The van der Waals surface area contributed by atoms with Gasteiger partial charge in [0.1, 0.15) is 10.7 Å². The van der Waals surface area contributed by atoms with E-state index >= 15 is 0 Å². The van der Waals surface area contributed by atoms with E-state index in [1.165, 1.54) is 6.07 Å². The minimum Gasteiger partial charge on any atom is -0.481 e. The molecule has 2 atom stereocenters. The standard InChI is InChI=1S/C16H23N3O4S/c1-11(2)18-24(22,23)13-6-4-8-17-14(13)19-9-12-5-3-7-16(12,10-19)15(20)21/h4,6,8,11-12,18H,3,5,7,9-10H2,1-2H3,(H,20,21)/t12-,16+/m0/s1. The molecule has 0 spiro atoms. The van der Waals surface area contributed by atoms with E-state index in [1.807, 2.05) is 4.90 Å². The lowest BCUT2D eigenvalue weighted by Crippen LogP contribution is -2.36. The molecule has 2 heterocycles. The van der Waals surface area contributed by atoms with E-state index in [0.29, 0.717) is 25.3 Å². The predicted octanol–water partition coefficient (Wildman–Crippen LogP) is 1.46. The molecule has 2 aliphatic rings. The molecule has 2 fully saturated rings. The van der Waals surface area contributed by atoms with Crippen molar-refractivity contribution in [3.63, 3.8) is 0 Å². The molecule has 0 amide bonds. The van der Waals surface area contributed by atoms with Crippen molar-refractivity contribution in [3.8, 4) is 0 Å². The first-order chi connectivity index (χ1) is 11.3. The van der Waals surface area contributed by atoms with Crippen LogP contribution < -0.4 is 9.62 Å². The van der Waals surface area contributed by atoms with Gasteiger partial charge in [0.2, 0.25) is 10.0 Å². The lowest BCUT2D eigenvalue weighted by Gasteiger charge is -2.25. The molecule has 1 aromatic heterocycles.